The van der Waals surface area contributed by atoms with E-state index in [1.54, 1.807) is 19.2 Å². The van der Waals surface area contributed by atoms with Gasteiger partial charge in [-0.1, -0.05) is 6.58 Å². The van der Waals surface area contributed by atoms with Gasteiger partial charge >= 0.3 is 6.03 Å². The number of carbonyl (C=O) groups excluding carboxylic acids is 1. The first kappa shape index (κ1) is 10.9. The number of benzene rings is 1. The number of hydrogen-bond acceptors (Lipinski definition) is 3. The van der Waals surface area contributed by atoms with E-state index in [4.69, 9.17) is 5.73 Å². The Labute approximate surface area is 88.4 Å². The van der Waals surface area contributed by atoms with Gasteiger partial charge in [0.2, 0.25) is 0 Å². The van der Waals surface area contributed by atoms with Crippen LogP contribution >= 0.6 is 0 Å². The van der Waals surface area contributed by atoms with Crippen molar-refractivity contribution in [3.8, 4) is 0 Å². The van der Waals surface area contributed by atoms with Gasteiger partial charge in [-0.15, -0.1) is 0 Å². The number of amides is 2. The lowest BCUT2D eigenvalue weighted by molar-refractivity contribution is 0.259. The first-order valence-corrected chi connectivity index (χ1v) is 4.42. The lowest BCUT2D eigenvalue weighted by atomic mass is 10.3. The maximum Gasteiger partial charge on any atom is 0.316 e. The molecule has 5 nitrogen and oxygen atoms in total. The van der Waals surface area contributed by atoms with Gasteiger partial charge in [0.1, 0.15) is 0 Å². The van der Waals surface area contributed by atoms with E-state index in [2.05, 4.69) is 22.5 Å². The Hall–Kier alpha value is -2.17. The first-order valence-electron chi connectivity index (χ1n) is 4.42. The molecule has 0 saturated heterocycles. The Morgan fingerprint density at radius 3 is 2.07 bits per heavy atom. The van der Waals surface area contributed by atoms with E-state index in [-0.39, 0.29) is 0 Å². The molecule has 0 radical (unpaired) electrons. The van der Waals surface area contributed by atoms with Gasteiger partial charge in [-0.3, -0.25) is 0 Å². The normalized spacial score (nSPS) is 9.13. The van der Waals surface area contributed by atoms with Crippen molar-refractivity contribution in [2.75, 3.05) is 17.7 Å². The van der Waals surface area contributed by atoms with Gasteiger partial charge in [0.05, 0.1) is 5.82 Å². The van der Waals surface area contributed by atoms with Crippen LogP contribution in [0.25, 0.3) is 0 Å². The van der Waals surface area contributed by atoms with Gasteiger partial charge in [0.15, 0.2) is 0 Å². The number of rotatable bonds is 4. The summed E-state index contributed by atoms with van der Waals surface area (Å²) in [4.78, 5) is 10.5. The zero-order valence-electron chi connectivity index (χ0n) is 8.50. The molecule has 5 N–H and O–H groups in total. The summed E-state index contributed by atoms with van der Waals surface area (Å²) in [5.41, 5.74) is 6.51. The quantitative estimate of drug-likeness (QED) is 0.599. The van der Waals surface area contributed by atoms with Gasteiger partial charge in [-0.2, -0.15) is 0 Å². The fourth-order valence-corrected chi connectivity index (χ4v) is 1.02. The summed E-state index contributed by atoms with van der Waals surface area (Å²) in [6, 6.07) is 6.54. The maximum atomic E-state index is 10.5. The largest absolute Gasteiger partial charge is 0.375 e. The molecule has 15 heavy (non-hydrogen) atoms. The number of primary amides is 1. The van der Waals surface area contributed by atoms with Crippen LogP contribution < -0.4 is 21.7 Å². The van der Waals surface area contributed by atoms with Crippen LogP contribution in [0.15, 0.2) is 36.7 Å². The molecule has 0 aromatic heterocycles. The van der Waals surface area contributed by atoms with Crippen LogP contribution in [0.5, 0.6) is 0 Å². The summed E-state index contributed by atoms with van der Waals surface area (Å²) in [7, 11) is 1.78. The molecular weight excluding hydrogens is 192 g/mol. The molecule has 0 atom stereocenters. The lowest BCUT2D eigenvalue weighted by Gasteiger charge is -2.09. The predicted octanol–water partition coefficient (Wildman–Crippen LogP) is 1.28. The average molecular weight is 206 g/mol. The third kappa shape index (κ3) is 3.60. The number of urea groups is 1. The number of nitrogens with two attached hydrogens (primary N) is 1. The Morgan fingerprint density at radius 2 is 1.67 bits per heavy atom. The van der Waals surface area contributed by atoms with Gasteiger partial charge < -0.3 is 21.7 Å². The second-order valence-electron chi connectivity index (χ2n) is 2.92. The number of hydrogen-bond donors (Lipinski definition) is 4. The smallest absolute Gasteiger partial charge is 0.316 e. The Kier molecular flexibility index (Phi) is 3.56. The zero-order chi connectivity index (χ0) is 11.3. The molecule has 0 bridgehead atoms. The second-order valence-corrected chi connectivity index (χ2v) is 2.92. The van der Waals surface area contributed by atoms with E-state index in [0.717, 1.165) is 5.69 Å². The van der Waals surface area contributed by atoms with Crippen LogP contribution in [0.2, 0.25) is 0 Å². The van der Waals surface area contributed by atoms with E-state index < -0.39 is 6.03 Å². The van der Waals surface area contributed by atoms with Crippen LogP contribution in [0.4, 0.5) is 16.2 Å². The third-order valence-electron chi connectivity index (χ3n) is 1.75. The first-order chi connectivity index (χ1) is 7.11. The van der Waals surface area contributed by atoms with Crippen LogP contribution in [0.1, 0.15) is 0 Å². The predicted molar refractivity (Wildman–Crippen MR) is 61.5 cm³/mol. The standard InChI is InChI=1S/C10H14N4O/c1-7(12-2)13-8-3-5-9(6-4-8)14-10(11)15/h3-6,12-13H,1H2,2H3,(H3,11,14,15). The van der Waals surface area contributed by atoms with Gasteiger partial charge in [-0.05, 0) is 24.3 Å². The van der Waals surface area contributed by atoms with E-state index >= 15 is 0 Å². The molecule has 0 spiro atoms. The van der Waals surface area contributed by atoms with Crippen LogP contribution in [0, 0.1) is 0 Å². The molecule has 1 aromatic rings. The van der Waals surface area contributed by atoms with Crippen molar-refractivity contribution in [2.45, 2.75) is 0 Å². The molecule has 0 heterocycles. The van der Waals surface area contributed by atoms with Gasteiger partial charge in [-0.25, -0.2) is 4.79 Å². The molecule has 2 amide bonds. The number of nitrogens with one attached hydrogen (secondary N) is 3. The van der Waals surface area contributed by atoms with Crippen molar-refractivity contribution in [1.29, 1.82) is 0 Å². The Bertz CT molecular complexity index is 358. The maximum absolute atomic E-state index is 10.5. The summed E-state index contributed by atoms with van der Waals surface area (Å²) in [6.45, 7) is 3.73. The van der Waals surface area contributed by atoms with Crippen molar-refractivity contribution in [1.82, 2.24) is 5.32 Å². The summed E-state index contributed by atoms with van der Waals surface area (Å²) in [5, 5.41) is 8.36. The van der Waals surface area contributed by atoms with Crippen LogP contribution in [-0.2, 0) is 0 Å². The topological polar surface area (TPSA) is 79.2 Å². The third-order valence-corrected chi connectivity index (χ3v) is 1.75. The van der Waals surface area contributed by atoms with Crippen molar-refractivity contribution < 1.29 is 4.79 Å². The molecule has 0 saturated carbocycles. The van der Waals surface area contributed by atoms with E-state index in [0.29, 0.717) is 11.5 Å². The molecule has 5 heteroatoms. The fourth-order valence-electron chi connectivity index (χ4n) is 1.02. The molecule has 1 aromatic carbocycles. The molecule has 1 rings (SSSR count). The molecule has 80 valence electrons. The van der Waals surface area contributed by atoms with Crippen molar-refractivity contribution in [2.24, 2.45) is 5.73 Å². The van der Waals surface area contributed by atoms with Crippen molar-refractivity contribution in [3.05, 3.63) is 36.7 Å². The minimum Gasteiger partial charge on any atom is -0.375 e. The van der Waals surface area contributed by atoms with E-state index in [9.17, 15) is 4.79 Å². The highest BCUT2D eigenvalue weighted by molar-refractivity contribution is 5.87. The minimum atomic E-state index is -0.574. The highest BCUT2D eigenvalue weighted by Gasteiger charge is 1.96. The fraction of sp³-hybridized carbons (Fsp3) is 0.100. The van der Waals surface area contributed by atoms with Crippen molar-refractivity contribution in [3.63, 3.8) is 0 Å². The lowest BCUT2D eigenvalue weighted by Crippen LogP contribution is -2.19. The Morgan fingerprint density at radius 1 is 1.20 bits per heavy atom. The molecule has 0 unspecified atom stereocenters. The number of anilines is 2. The monoisotopic (exact) mass is 206 g/mol. The highest BCUT2D eigenvalue weighted by atomic mass is 16.2. The van der Waals surface area contributed by atoms with E-state index in [1.807, 2.05) is 12.1 Å². The van der Waals surface area contributed by atoms with Crippen LogP contribution in [0.3, 0.4) is 0 Å². The molecule has 0 aliphatic rings. The summed E-state index contributed by atoms with van der Waals surface area (Å²) < 4.78 is 0. The van der Waals surface area contributed by atoms with Gasteiger partial charge in [0, 0.05) is 18.4 Å². The summed E-state index contributed by atoms with van der Waals surface area (Å²) in [6.07, 6.45) is 0. The van der Waals surface area contributed by atoms with Gasteiger partial charge in [0.25, 0.3) is 0 Å². The second kappa shape index (κ2) is 4.90. The summed E-state index contributed by atoms with van der Waals surface area (Å²) >= 11 is 0. The zero-order valence-corrected chi connectivity index (χ0v) is 8.50. The summed E-state index contributed by atoms with van der Waals surface area (Å²) in [5.74, 6) is 0.700. The molecule has 0 aliphatic carbocycles. The Balaban J connectivity index is 2.64. The van der Waals surface area contributed by atoms with E-state index in [1.165, 1.54) is 0 Å². The SMILES string of the molecule is C=C(NC)Nc1ccc(NC(N)=O)cc1. The molecular formula is C10H14N4O. The van der Waals surface area contributed by atoms with Crippen molar-refractivity contribution >= 4 is 17.4 Å². The molecule has 0 fully saturated rings. The highest BCUT2D eigenvalue weighted by Crippen LogP contribution is 2.13. The number of carbonyl (C=O) groups is 1. The minimum absolute atomic E-state index is 0.574. The molecule has 0 aliphatic heterocycles. The average Bonchev–Trinajstić information content (AvgIpc) is 2.20. The van der Waals surface area contributed by atoms with Crippen LogP contribution in [-0.4, -0.2) is 13.1 Å².